The van der Waals surface area contributed by atoms with E-state index in [1.807, 2.05) is 6.92 Å². The number of sulfonamides is 1. The van der Waals surface area contributed by atoms with E-state index in [9.17, 15) is 13.0 Å². The molecule has 5 aromatic rings. The Labute approximate surface area is 290 Å². The summed E-state index contributed by atoms with van der Waals surface area (Å²) in [7, 11) is -6.40. The minimum absolute atomic E-state index is 0.00377. The molecule has 0 spiro atoms. The SMILES string of the molecule is CCO[C@@H]1C[C@H](n2cnc3c(N)ncnc32)OC1COP(=O)(NS(=O)(=O)c1nccn1C)O[C@@H]1C[C@H](n2cnc3c(N)ncnc32)OC1COC. The standard InChI is InChI=1S/C27H36N13O9PS/c1-4-45-15-7-19(39-13-35-21-23(28)31-11-33-25(21)39)48-18(15)10-46-50(41,37-51(42,43)27-30-5-6-38(27)2)49-16-8-20(47-17(16)9-44-3)40-14-36-22-24(29)32-12-34-26(22)40/h5-6,11-20H,4,7-10H2,1-3H3,(H,37,41)(H2,28,31,33)(H2,29,32,34)/t15-,16-,17?,18?,19-,20-,50?/m1/s1. The number of imidazole rings is 3. The van der Waals surface area contributed by atoms with Crippen LogP contribution in [0.25, 0.3) is 22.3 Å². The third-order valence-corrected chi connectivity index (χ3v) is 12.2. The lowest BCUT2D eigenvalue weighted by Gasteiger charge is -2.26. The van der Waals surface area contributed by atoms with E-state index in [0.29, 0.717) is 35.4 Å². The topological polar surface area (TPSA) is 276 Å². The molecule has 274 valence electrons. The van der Waals surface area contributed by atoms with Crippen LogP contribution in [0.15, 0.2) is 42.9 Å². The summed E-state index contributed by atoms with van der Waals surface area (Å²) < 4.78 is 84.3. The lowest BCUT2D eigenvalue weighted by Crippen LogP contribution is -2.35. The smallest absolute Gasteiger partial charge is 0.382 e. The molecule has 0 radical (unpaired) electrons. The molecule has 22 nitrogen and oxygen atoms in total. The van der Waals surface area contributed by atoms with Crippen LogP contribution in [-0.4, -0.2) is 108 Å². The van der Waals surface area contributed by atoms with Gasteiger partial charge in [-0.3, -0.25) is 18.2 Å². The number of aromatic nitrogens is 10. The molecule has 0 aromatic carbocycles. The highest BCUT2D eigenvalue weighted by molar-refractivity contribution is 7.94. The maximum Gasteiger partial charge on any atom is 0.419 e. The lowest BCUT2D eigenvalue weighted by atomic mass is 10.2. The van der Waals surface area contributed by atoms with E-state index in [-0.39, 0.29) is 24.7 Å². The number of hydrogen-bond donors (Lipinski definition) is 3. The fourth-order valence-corrected chi connectivity index (χ4v) is 9.60. The van der Waals surface area contributed by atoms with Crippen molar-refractivity contribution in [2.75, 3.05) is 38.4 Å². The van der Waals surface area contributed by atoms with Gasteiger partial charge in [0, 0.05) is 46.0 Å². The van der Waals surface area contributed by atoms with Gasteiger partial charge in [0.1, 0.15) is 54.5 Å². The monoisotopic (exact) mass is 749 g/mol. The number of nitrogens with zero attached hydrogens (tertiary/aromatic N) is 10. The van der Waals surface area contributed by atoms with Crippen LogP contribution in [-0.2, 0) is 49.6 Å². The summed E-state index contributed by atoms with van der Waals surface area (Å²) >= 11 is 0. The predicted octanol–water partition coefficient (Wildman–Crippen LogP) is 0.679. The molecule has 2 fully saturated rings. The number of ether oxygens (including phenoxy) is 4. The fraction of sp³-hybridized carbons (Fsp3) is 0.519. The molecule has 0 amide bonds. The third kappa shape index (κ3) is 6.91. The van der Waals surface area contributed by atoms with Gasteiger partial charge < -0.3 is 35.0 Å². The molecule has 3 unspecified atom stereocenters. The summed E-state index contributed by atoms with van der Waals surface area (Å²) in [5, 5.41) is -0.413. The highest BCUT2D eigenvalue weighted by Crippen LogP contribution is 2.51. The number of anilines is 2. The quantitative estimate of drug-likeness (QED) is 0.132. The molecule has 2 aliphatic heterocycles. The van der Waals surface area contributed by atoms with E-state index in [1.54, 1.807) is 9.13 Å². The second kappa shape index (κ2) is 14.1. The molecular weight excluding hydrogens is 713 g/mol. The lowest BCUT2D eigenvalue weighted by molar-refractivity contribution is -0.0624. The molecule has 0 bridgehead atoms. The van der Waals surface area contributed by atoms with Gasteiger partial charge in [-0.15, -0.1) is 4.49 Å². The Morgan fingerprint density at radius 2 is 1.49 bits per heavy atom. The van der Waals surface area contributed by atoms with Gasteiger partial charge >= 0.3 is 7.75 Å². The van der Waals surface area contributed by atoms with Gasteiger partial charge in [-0.25, -0.2) is 47.9 Å². The number of nitrogen functional groups attached to an aromatic ring is 2. The van der Waals surface area contributed by atoms with E-state index < -0.39 is 66.4 Å². The Morgan fingerprint density at radius 1 is 0.902 bits per heavy atom. The Morgan fingerprint density at radius 3 is 2.04 bits per heavy atom. The first kappa shape index (κ1) is 35.2. The maximum atomic E-state index is 14.7. The summed E-state index contributed by atoms with van der Waals surface area (Å²) in [4.78, 5) is 29.0. The largest absolute Gasteiger partial charge is 0.419 e. The Balaban J connectivity index is 1.16. The van der Waals surface area contributed by atoms with Crippen LogP contribution in [0.3, 0.4) is 0 Å². The van der Waals surface area contributed by atoms with Gasteiger partial charge in [0.2, 0.25) is 5.16 Å². The first-order valence-corrected chi connectivity index (χ1v) is 18.7. The molecule has 7 heterocycles. The predicted molar refractivity (Wildman–Crippen MR) is 176 cm³/mol. The number of rotatable bonds is 14. The van der Waals surface area contributed by atoms with Crippen molar-refractivity contribution in [2.24, 2.45) is 7.05 Å². The van der Waals surface area contributed by atoms with Gasteiger partial charge in [0.25, 0.3) is 10.0 Å². The summed E-state index contributed by atoms with van der Waals surface area (Å²) in [5.74, 6) is 0.388. The van der Waals surface area contributed by atoms with Gasteiger partial charge in [-0.1, -0.05) is 0 Å². The van der Waals surface area contributed by atoms with Crippen LogP contribution in [0.2, 0.25) is 0 Å². The zero-order chi connectivity index (χ0) is 35.9. The van der Waals surface area contributed by atoms with Crippen molar-refractivity contribution >= 4 is 51.7 Å². The van der Waals surface area contributed by atoms with Crippen molar-refractivity contribution in [3.8, 4) is 0 Å². The number of nitrogens with one attached hydrogen (secondary N) is 1. The van der Waals surface area contributed by atoms with Crippen LogP contribution in [0, 0.1) is 0 Å². The van der Waals surface area contributed by atoms with Crippen molar-refractivity contribution in [1.82, 2.24) is 53.1 Å². The van der Waals surface area contributed by atoms with Gasteiger partial charge in [0.15, 0.2) is 22.9 Å². The molecule has 24 heteroatoms. The third-order valence-electron chi connectivity index (χ3n) is 8.40. The minimum atomic E-state index is -4.78. The molecule has 2 saturated heterocycles. The Kier molecular flexibility index (Phi) is 9.73. The van der Waals surface area contributed by atoms with Crippen molar-refractivity contribution < 1.29 is 41.0 Å². The second-order valence-corrected chi connectivity index (χ2v) is 15.3. The van der Waals surface area contributed by atoms with Crippen molar-refractivity contribution in [3.05, 3.63) is 37.7 Å². The van der Waals surface area contributed by atoms with Crippen LogP contribution in [0.5, 0.6) is 0 Å². The molecule has 51 heavy (non-hydrogen) atoms. The van der Waals surface area contributed by atoms with Crippen LogP contribution < -0.4 is 16.0 Å². The van der Waals surface area contributed by atoms with Gasteiger partial charge in [-0.2, -0.15) is 0 Å². The van der Waals surface area contributed by atoms with Crippen molar-refractivity contribution in [2.45, 2.75) is 61.8 Å². The molecule has 5 aromatic heterocycles. The number of fused-ring (bicyclic) bond motifs is 2. The van der Waals surface area contributed by atoms with Gasteiger partial charge in [-0.05, 0) is 6.92 Å². The molecular formula is C27H36N13O9PS. The first-order valence-electron chi connectivity index (χ1n) is 15.7. The average Bonchev–Trinajstić information content (AvgIpc) is 3.92. The van der Waals surface area contributed by atoms with Crippen molar-refractivity contribution in [1.29, 1.82) is 0 Å². The van der Waals surface area contributed by atoms with Crippen LogP contribution >= 0.6 is 7.75 Å². The summed E-state index contributed by atoms with van der Waals surface area (Å²) in [6, 6.07) is 0. The summed E-state index contributed by atoms with van der Waals surface area (Å²) in [6.07, 6.45) is 4.16. The maximum absolute atomic E-state index is 14.7. The number of aryl methyl sites for hydroxylation is 1. The number of hydrogen-bond acceptors (Lipinski definition) is 18. The highest BCUT2D eigenvalue weighted by atomic mass is 32.2. The molecule has 7 atom stereocenters. The Hall–Kier alpha value is -4.19. The normalized spacial score (nSPS) is 25.2. The Bertz CT molecular complexity index is 2180. The van der Waals surface area contributed by atoms with Gasteiger partial charge in [0.05, 0.1) is 32.0 Å². The molecule has 2 aliphatic rings. The highest BCUT2D eigenvalue weighted by Gasteiger charge is 2.46. The molecule has 0 aliphatic carbocycles. The molecule has 0 saturated carbocycles. The van der Waals surface area contributed by atoms with E-state index >= 15 is 0 Å². The van der Waals surface area contributed by atoms with E-state index in [0.717, 1.165) is 0 Å². The van der Waals surface area contributed by atoms with E-state index in [4.69, 9.17) is 39.5 Å². The summed E-state index contributed by atoms with van der Waals surface area (Å²) in [6.45, 7) is 1.75. The average molecular weight is 750 g/mol. The zero-order valence-electron chi connectivity index (χ0n) is 27.6. The van der Waals surface area contributed by atoms with E-state index in [2.05, 4.69) is 39.4 Å². The van der Waals surface area contributed by atoms with Crippen molar-refractivity contribution in [3.63, 3.8) is 0 Å². The van der Waals surface area contributed by atoms with Crippen LogP contribution in [0.4, 0.5) is 11.6 Å². The number of nitrogens with two attached hydrogens (primary N) is 2. The number of methoxy groups -OCH3 is 1. The molecule has 7 rings (SSSR count). The first-order chi connectivity index (χ1) is 24.5. The molecule has 5 N–H and O–H groups in total. The fourth-order valence-electron chi connectivity index (χ4n) is 6.10. The van der Waals surface area contributed by atoms with E-state index in [1.165, 1.54) is 56.4 Å². The second-order valence-electron chi connectivity index (χ2n) is 11.7. The minimum Gasteiger partial charge on any atom is -0.382 e. The van der Waals surface area contributed by atoms with Crippen LogP contribution in [0.1, 0.15) is 32.2 Å². The zero-order valence-corrected chi connectivity index (χ0v) is 29.3. The summed E-state index contributed by atoms with van der Waals surface area (Å²) in [5.41, 5.74) is 13.6.